The first-order valence-corrected chi connectivity index (χ1v) is 6.84. The molecule has 0 radical (unpaired) electrons. The molecule has 1 fully saturated rings. The number of amides is 1. The molecule has 0 aromatic heterocycles. The summed E-state index contributed by atoms with van der Waals surface area (Å²) in [6, 6.07) is 5.93. The van der Waals surface area contributed by atoms with Crippen LogP contribution in [0.4, 0.5) is 5.69 Å². The Bertz CT molecular complexity index is 470. The molecule has 19 heavy (non-hydrogen) atoms. The van der Waals surface area contributed by atoms with Gasteiger partial charge in [-0.2, -0.15) is 0 Å². The predicted octanol–water partition coefficient (Wildman–Crippen LogP) is 1.02. The highest BCUT2D eigenvalue weighted by atomic mass is 16.5. The molecular formula is C14H19N3O2. The van der Waals surface area contributed by atoms with E-state index < -0.39 is 0 Å². The first-order valence-electron chi connectivity index (χ1n) is 6.84. The van der Waals surface area contributed by atoms with Gasteiger partial charge in [0.05, 0.1) is 24.5 Å². The minimum Gasteiger partial charge on any atom is -0.384 e. The molecule has 5 heteroatoms. The summed E-state index contributed by atoms with van der Waals surface area (Å²) < 4.78 is 5.27. The lowest BCUT2D eigenvalue weighted by Crippen LogP contribution is -2.48. The number of carbonyl (C=O) groups excluding carboxylic acids is 1. The van der Waals surface area contributed by atoms with Gasteiger partial charge in [-0.15, -0.1) is 0 Å². The number of hydrogen-bond acceptors (Lipinski definition) is 4. The van der Waals surface area contributed by atoms with Gasteiger partial charge in [-0.25, -0.2) is 5.01 Å². The zero-order chi connectivity index (χ0) is 13.1. The number of benzene rings is 1. The summed E-state index contributed by atoms with van der Waals surface area (Å²) >= 11 is 0. The van der Waals surface area contributed by atoms with Crippen LogP contribution in [0.15, 0.2) is 18.2 Å². The smallest absolute Gasteiger partial charge is 0.267 e. The lowest BCUT2D eigenvalue weighted by atomic mass is 9.99. The fraction of sp³-hybridized carbons (Fsp3) is 0.500. The molecule has 1 saturated heterocycles. The molecule has 0 bridgehead atoms. The number of hydrogen-bond donors (Lipinski definition) is 2. The van der Waals surface area contributed by atoms with Crippen LogP contribution >= 0.6 is 0 Å². The number of para-hydroxylation sites is 1. The molecule has 2 aliphatic rings. The van der Waals surface area contributed by atoms with Crippen LogP contribution in [0.5, 0.6) is 0 Å². The van der Waals surface area contributed by atoms with Crippen LogP contribution in [-0.4, -0.2) is 43.8 Å². The van der Waals surface area contributed by atoms with Crippen LogP contribution in [-0.2, 0) is 11.2 Å². The number of aryl methyl sites for hydroxylation is 1. The zero-order valence-electron chi connectivity index (χ0n) is 10.9. The minimum atomic E-state index is -0.0341. The Balaban J connectivity index is 1.75. The van der Waals surface area contributed by atoms with Gasteiger partial charge in [0.15, 0.2) is 0 Å². The van der Waals surface area contributed by atoms with Gasteiger partial charge < -0.3 is 10.1 Å². The predicted molar refractivity (Wildman–Crippen MR) is 73.1 cm³/mol. The van der Waals surface area contributed by atoms with E-state index in [1.54, 1.807) is 0 Å². The molecule has 5 nitrogen and oxygen atoms in total. The van der Waals surface area contributed by atoms with Crippen LogP contribution in [0.25, 0.3) is 0 Å². The van der Waals surface area contributed by atoms with Crippen molar-refractivity contribution in [3.63, 3.8) is 0 Å². The Morgan fingerprint density at radius 2 is 2.16 bits per heavy atom. The van der Waals surface area contributed by atoms with Gasteiger partial charge in [0.25, 0.3) is 5.91 Å². The topological polar surface area (TPSA) is 53.6 Å². The molecule has 0 saturated carbocycles. The average molecular weight is 261 g/mol. The minimum absolute atomic E-state index is 0.0341. The van der Waals surface area contributed by atoms with Crippen LogP contribution in [0.1, 0.15) is 22.3 Å². The summed E-state index contributed by atoms with van der Waals surface area (Å²) in [4.78, 5) is 12.4. The molecule has 1 aromatic carbocycles. The Kier molecular flexibility index (Phi) is 3.66. The van der Waals surface area contributed by atoms with Crippen molar-refractivity contribution in [1.29, 1.82) is 0 Å². The highest BCUT2D eigenvalue weighted by molar-refractivity contribution is 6.00. The summed E-state index contributed by atoms with van der Waals surface area (Å²) in [5.74, 6) is -0.0341. The molecule has 102 valence electrons. The molecule has 0 unspecified atom stereocenters. The fourth-order valence-electron chi connectivity index (χ4n) is 2.58. The third kappa shape index (κ3) is 2.72. The molecule has 0 atom stereocenters. The van der Waals surface area contributed by atoms with Crippen molar-refractivity contribution in [2.45, 2.75) is 12.8 Å². The summed E-state index contributed by atoms with van der Waals surface area (Å²) in [5.41, 5.74) is 5.94. The van der Waals surface area contributed by atoms with E-state index in [1.165, 1.54) is 5.56 Å². The SMILES string of the molecule is O=C(NN1CCOCC1)c1cccc2c1NCCC2. The van der Waals surface area contributed by atoms with Gasteiger partial charge in [-0.1, -0.05) is 12.1 Å². The lowest BCUT2D eigenvalue weighted by molar-refractivity contribution is 0.0126. The van der Waals surface area contributed by atoms with Crippen molar-refractivity contribution >= 4 is 11.6 Å². The number of hydrazine groups is 1. The van der Waals surface area contributed by atoms with Gasteiger partial charge in [-0.05, 0) is 24.5 Å². The highest BCUT2D eigenvalue weighted by Gasteiger charge is 2.19. The van der Waals surface area contributed by atoms with Crippen LogP contribution in [0.3, 0.4) is 0 Å². The Morgan fingerprint density at radius 1 is 1.32 bits per heavy atom. The van der Waals surface area contributed by atoms with Gasteiger partial charge in [0.2, 0.25) is 0 Å². The Labute approximate surface area is 112 Å². The van der Waals surface area contributed by atoms with Crippen LogP contribution in [0.2, 0.25) is 0 Å². The fourth-order valence-corrected chi connectivity index (χ4v) is 2.58. The summed E-state index contributed by atoms with van der Waals surface area (Å²) in [5, 5.41) is 5.27. The van der Waals surface area contributed by atoms with E-state index in [2.05, 4.69) is 16.8 Å². The number of anilines is 1. The second-order valence-electron chi connectivity index (χ2n) is 4.91. The normalized spacial score (nSPS) is 19.4. The summed E-state index contributed by atoms with van der Waals surface area (Å²) in [7, 11) is 0. The van der Waals surface area contributed by atoms with E-state index in [4.69, 9.17) is 4.74 Å². The molecule has 2 aliphatic heterocycles. The number of rotatable bonds is 2. The lowest BCUT2D eigenvalue weighted by Gasteiger charge is -2.28. The van der Waals surface area contributed by atoms with Crippen molar-refractivity contribution in [1.82, 2.24) is 10.4 Å². The van der Waals surface area contributed by atoms with E-state index in [0.717, 1.165) is 43.7 Å². The molecule has 1 amide bonds. The molecule has 0 aliphatic carbocycles. The van der Waals surface area contributed by atoms with E-state index in [9.17, 15) is 4.79 Å². The van der Waals surface area contributed by atoms with Crippen LogP contribution in [0, 0.1) is 0 Å². The maximum absolute atomic E-state index is 12.4. The largest absolute Gasteiger partial charge is 0.384 e. The molecule has 1 aromatic rings. The number of morpholine rings is 1. The number of ether oxygens (including phenoxy) is 1. The number of nitrogens with one attached hydrogen (secondary N) is 2. The van der Waals surface area contributed by atoms with Crippen molar-refractivity contribution in [3.05, 3.63) is 29.3 Å². The van der Waals surface area contributed by atoms with E-state index in [1.807, 2.05) is 17.1 Å². The molecule has 2 heterocycles. The first kappa shape index (κ1) is 12.4. The quantitative estimate of drug-likeness (QED) is 0.834. The van der Waals surface area contributed by atoms with Gasteiger partial charge in [-0.3, -0.25) is 10.2 Å². The van der Waals surface area contributed by atoms with Crippen molar-refractivity contribution in [2.75, 3.05) is 38.2 Å². The van der Waals surface area contributed by atoms with Crippen molar-refractivity contribution < 1.29 is 9.53 Å². The third-order valence-corrected chi connectivity index (χ3v) is 3.59. The maximum Gasteiger partial charge on any atom is 0.267 e. The standard InChI is InChI=1S/C14H19N3O2/c18-14(16-17-7-9-19-10-8-17)12-5-1-3-11-4-2-6-15-13(11)12/h1,3,5,15H,2,4,6-10H2,(H,16,18). The first-order chi connectivity index (χ1) is 9.34. The Hall–Kier alpha value is -1.59. The highest BCUT2D eigenvalue weighted by Crippen LogP contribution is 2.25. The van der Waals surface area contributed by atoms with Crippen molar-refractivity contribution in [3.8, 4) is 0 Å². The molecule has 0 spiro atoms. The van der Waals surface area contributed by atoms with Crippen molar-refractivity contribution in [2.24, 2.45) is 0 Å². The van der Waals surface area contributed by atoms with Gasteiger partial charge in [0.1, 0.15) is 0 Å². The molecule has 3 rings (SSSR count). The summed E-state index contributed by atoms with van der Waals surface area (Å²) in [6.45, 7) is 3.77. The second kappa shape index (κ2) is 5.59. The number of nitrogens with zero attached hydrogens (tertiary/aromatic N) is 1. The van der Waals surface area contributed by atoms with E-state index >= 15 is 0 Å². The summed E-state index contributed by atoms with van der Waals surface area (Å²) in [6.07, 6.45) is 2.17. The number of carbonyl (C=O) groups is 1. The average Bonchev–Trinajstić information content (AvgIpc) is 2.47. The number of fused-ring (bicyclic) bond motifs is 1. The third-order valence-electron chi connectivity index (χ3n) is 3.59. The monoisotopic (exact) mass is 261 g/mol. The molecular weight excluding hydrogens is 242 g/mol. The molecule has 2 N–H and O–H groups in total. The van der Waals surface area contributed by atoms with Gasteiger partial charge >= 0.3 is 0 Å². The second-order valence-corrected chi connectivity index (χ2v) is 4.91. The zero-order valence-corrected chi connectivity index (χ0v) is 10.9. The van der Waals surface area contributed by atoms with Gasteiger partial charge in [0, 0.05) is 19.6 Å². The van der Waals surface area contributed by atoms with E-state index in [0.29, 0.717) is 13.2 Å². The van der Waals surface area contributed by atoms with E-state index in [-0.39, 0.29) is 5.91 Å². The Morgan fingerprint density at radius 3 is 3.00 bits per heavy atom. The van der Waals surface area contributed by atoms with Crippen LogP contribution < -0.4 is 10.7 Å². The maximum atomic E-state index is 12.4.